The molecule has 2 aromatic rings. The summed E-state index contributed by atoms with van der Waals surface area (Å²) in [4.78, 5) is 17.7. The average molecular weight is 257 g/mol. The van der Waals surface area contributed by atoms with Gasteiger partial charge in [-0.1, -0.05) is 12.1 Å². The van der Waals surface area contributed by atoms with E-state index in [4.69, 9.17) is 5.73 Å². The number of fused-ring (bicyclic) bond motifs is 1. The minimum Gasteiger partial charge on any atom is -0.361 e. The van der Waals surface area contributed by atoms with Crippen LogP contribution in [0.4, 0.5) is 0 Å². The van der Waals surface area contributed by atoms with Crippen LogP contribution < -0.4 is 5.73 Å². The lowest BCUT2D eigenvalue weighted by Gasteiger charge is -2.18. The standard InChI is InChI=1S/C15H19N3O/c1-10(16)12-6-8-18(9-12)15(19)13-4-2-3-11-5-7-17-14(11)13/h2-5,7,10,12,17H,6,8-9,16H2,1H3. The van der Waals surface area contributed by atoms with Crippen molar-refractivity contribution in [2.24, 2.45) is 11.7 Å². The highest BCUT2D eigenvalue weighted by Crippen LogP contribution is 2.23. The van der Waals surface area contributed by atoms with E-state index in [1.807, 2.05) is 42.3 Å². The third-order valence-corrected chi connectivity index (χ3v) is 4.07. The van der Waals surface area contributed by atoms with Crippen molar-refractivity contribution in [3.8, 4) is 0 Å². The first-order valence-corrected chi connectivity index (χ1v) is 6.78. The van der Waals surface area contributed by atoms with Crippen molar-refractivity contribution in [1.82, 2.24) is 9.88 Å². The highest BCUT2D eigenvalue weighted by molar-refractivity contribution is 6.05. The van der Waals surface area contributed by atoms with Gasteiger partial charge in [-0.2, -0.15) is 0 Å². The first-order chi connectivity index (χ1) is 9.16. The van der Waals surface area contributed by atoms with Crippen molar-refractivity contribution >= 4 is 16.8 Å². The Bertz CT molecular complexity index is 602. The summed E-state index contributed by atoms with van der Waals surface area (Å²) in [6.45, 7) is 3.60. The molecule has 3 rings (SSSR count). The highest BCUT2D eigenvalue weighted by atomic mass is 16.2. The Labute approximate surface area is 112 Å². The third-order valence-electron chi connectivity index (χ3n) is 4.07. The van der Waals surface area contributed by atoms with Crippen LogP contribution in [0, 0.1) is 5.92 Å². The number of aromatic amines is 1. The Morgan fingerprint density at radius 2 is 2.32 bits per heavy atom. The maximum absolute atomic E-state index is 12.6. The molecule has 3 N–H and O–H groups in total. The lowest BCUT2D eigenvalue weighted by Crippen LogP contribution is -2.33. The van der Waals surface area contributed by atoms with E-state index in [0.717, 1.165) is 36.0 Å². The van der Waals surface area contributed by atoms with E-state index in [1.54, 1.807) is 0 Å². The molecule has 2 atom stereocenters. The van der Waals surface area contributed by atoms with Crippen molar-refractivity contribution < 1.29 is 4.79 Å². The van der Waals surface area contributed by atoms with Gasteiger partial charge in [0.1, 0.15) is 0 Å². The molecule has 1 fully saturated rings. The van der Waals surface area contributed by atoms with Crippen LogP contribution in [-0.2, 0) is 0 Å². The molecule has 0 saturated carbocycles. The van der Waals surface area contributed by atoms with Gasteiger partial charge in [0, 0.05) is 30.7 Å². The summed E-state index contributed by atoms with van der Waals surface area (Å²) in [7, 11) is 0. The van der Waals surface area contributed by atoms with E-state index < -0.39 is 0 Å². The summed E-state index contributed by atoms with van der Waals surface area (Å²) >= 11 is 0. The van der Waals surface area contributed by atoms with Gasteiger partial charge in [0.05, 0.1) is 11.1 Å². The van der Waals surface area contributed by atoms with Crippen LogP contribution >= 0.6 is 0 Å². The molecule has 1 saturated heterocycles. The molecule has 0 bridgehead atoms. The number of nitrogens with two attached hydrogens (primary N) is 1. The molecule has 1 aliphatic heterocycles. The fraction of sp³-hybridized carbons (Fsp3) is 0.400. The van der Waals surface area contributed by atoms with Crippen LogP contribution in [0.2, 0.25) is 0 Å². The molecule has 2 unspecified atom stereocenters. The zero-order valence-corrected chi connectivity index (χ0v) is 11.1. The van der Waals surface area contributed by atoms with Crippen LogP contribution in [-0.4, -0.2) is 34.9 Å². The number of carbonyl (C=O) groups excluding carboxylic acids is 1. The molecular weight excluding hydrogens is 238 g/mol. The number of likely N-dealkylation sites (tertiary alicyclic amines) is 1. The van der Waals surface area contributed by atoms with E-state index in [1.165, 1.54) is 0 Å². The fourth-order valence-electron chi connectivity index (χ4n) is 2.83. The number of para-hydroxylation sites is 1. The van der Waals surface area contributed by atoms with Gasteiger partial charge in [0.25, 0.3) is 5.91 Å². The SMILES string of the molecule is CC(N)C1CCN(C(=O)c2cccc3cc[nH]c23)C1. The predicted molar refractivity (Wildman–Crippen MR) is 76.0 cm³/mol. The second-order valence-electron chi connectivity index (χ2n) is 5.41. The molecule has 4 nitrogen and oxygen atoms in total. The number of benzene rings is 1. The molecule has 1 aliphatic rings. The maximum Gasteiger partial charge on any atom is 0.255 e. The summed E-state index contributed by atoms with van der Waals surface area (Å²) in [5, 5.41) is 1.08. The summed E-state index contributed by atoms with van der Waals surface area (Å²) < 4.78 is 0. The Kier molecular flexibility index (Phi) is 3.03. The molecule has 19 heavy (non-hydrogen) atoms. The molecule has 100 valence electrons. The van der Waals surface area contributed by atoms with E-state index in [2.05, 4.69) is 4.98 Å². The van der Waals surface area contributed by atoms with Crippen molar-refractivity contribution in [1.29, 1.82) is 0 Å². The second-order valence-corrected chi connectivity index (χ2v) is 5.41. The number of aromatic nitrogens is 1. The van der Waals surface area contributed by atoms with Crippen LogP contribution in [0.3, 0.4) is 0 Å². The van der Waals surface area contributed by atoms with Gasteiger partial charge in [-0.05, 0) is 31.4 Å². The Morgan fingerprint density at radius 1 is 1.47 bits per heavy atom. The van der Waals surface area contributed by atoms with E-state index in [9.17, 15) is 4.79 Å². The van der Waals surface area contributed by atoms with Gasteiger partial charge < -0.3 is 15.6 Å². The normalized spacial score (nSPS) is 20.9. The van der Waals surface area contributed by atoms with E-state index >= 15 is 0 Å². The number of carbonyl (C=O) groups is 1. The predicted octanol–water partition coefficient (Wildman–Crippen LogP) is 1.98. The molecule has 0 radical (unpaired) electrons. The molecule has 0 spiro atoms. The topological polar surface area (TPSA) is 62.1 Å². The molecule has 1 amide bonds. The lowest BCUT2D eigenvalue weighted by atomic mass is 10.0. The molecule has 4 heteroatoms. The fourth-order valence-corrected chi connectivity index (χ4v) is 2.83. The number of nitrogens with one attached hydrogen (secondary N) is 1. The Balaban J connectivity index is 1.87. The van der Waals surface area contributed by atoms with Gasteiger partial charge >= 0.3 is 0 Å². The van der Waals surface area contributed by atoms with Crippen LogP contribution in [0.15, 0.2) is 30.5 Å². The zero-order valence-electron chi connectivity index (χ0n) is 11.1. The molecular formula is C15H19N3O. The van der Waals surface area contributed by atoms with Crippen LogP contribution in [0.5, 0.6) is 0 Å². The average Bonchev–Trinajstić information content (AvgIpc) is 3.06. The van der Waals surface area contributed by atoms with Crippen LogP contribution in [0.1, 0.15) is 23.7 Å². The van der Waals surface area contributed by atoms with Gasteiger partial charge in [0.2, 0.25) is 0 Å². The summed E-state index contributed by atoms with van der Waals surface area (Å²) in [6, 6.07) is 7.97. The Hall–Kier alpha value is -1.81. The number of rotatable bonds is 2. The number of hydrogen-bond donors (Lipinski definition) is 2. The smallest absolute Gasteiger partial charge is 0.255 e. The van der Waals surface area contributed by atoms with Crippen molar-refractivity contribution in [2.75, 3.05) is 13.1 Å². The maximum atomic E-state index is 12.6. The third kappa shape index (κ3) is 2.12. The van der Waals surface area contributed by atoms with Crippen molar-refractivity contribution in [3.63, 3.8) is 0 Å². The van der Waals surface area contributed by atoms with Gasteiger partial charge in [-0.3, -0.25) is 4.79 Å². The largest absolute Gasteiger partial charge is 0.361 e. The van der Waals surface area contributed by atoms with Gasteiger partial charge in [-0.15, -0.1) is 0 Å². The van der Waals surface area contributed by atoms with E-state index in [-0.39, 0.29) is 11.9 Å². The first kappa shape index (κ1) is 12.2. The zero-order chi connectivity index (χ0) is 13.4. The Morgan fingerprint density at radius 3 is 3.05 bits per heavy atom. The number of hydrogen-bond acceptors (Lipinski definition) is 2. The molecule has 1 aromatic carbocycles. The summed E-state index contributed by atoms with van der Waals surface area (Å²) in [6.07, 6.45) is 2.88. The number of H-pyrrole nitrogens is 1. The number of nitrogens with zero attached hydrogens (tertiary/aromatic N) is 1. The van der Waals surface area contributed by atoms with Crippen molar-refractivity contribution in [2.45, 2.75) is 19.4 Å². The molecule has 1 aromatic heterocycles. The summed E-state index contributed by atoms with van der Waals surface area (Å²) in [5.41, 5.74) is 7.61. The van der Waals surface area contributed by atoms with Crippen LogP contribution in [0.25, 0.3) is 10.9 Å². The minimum absolute atomic E-state index is 0.108. The monoisotopic (exact) mass is 257 g/mol. The highest BCUT2D eigenvalue weighted by Gasteiger charge is 2.29. The summed E-state index contributed by atoms with van der Waals surface area (Å²) in [5.74, 6) is 0.531. The van der Waals surface area contributed by atoms with E-state index in [0.29, 0.717) is 5.92 Å². The first-order valence-electron chi connectivity index (χ1n) is 6.78. The quantitative estimate of drug-likeness (QED) is 0.864. The molecule has 0 aliphatic carbocycles. The second kappa shape index (κ2) is 4.70. The molecule has 2 heterocycles. The minimum atomic E-state index is 0.108. The van der Waals surface area contributed by atoms with Gasteiger partial charge in [-0.25, -0.2) is 0 Å². The lowest BCUT2D eigenvalue weighted by molar-refractivity contribution is 0.0787. The van der Waals surface area contributed by atoms with Crippen molar-refractivity contribution in [3.05, 3.63) is 36.0 Å². The van der Waals surface area contributed by atoms with Gasteiger partial charge in [0.15, 0.2) is 0 Å². The number of amides is 1.